The van der Waals surface area contributed by atoms with E-state index in [9.17, 15) is 19.3 Å². The van der Waals surface area contributed by atoms with E-state index in [1.165, 1.54) is 6.07 Å². The molecule has 0 aliphatic rings. The van der Waals surface area contributed by atoms with Crippen molar-refractivity contribution in [2.45, 2.75) is 0 Å². The Bertz CT molecular complexity index is 855. The van der Waals surface area contributed by atoms with Crippen LogP contribution < -0.4 is 5.32 Å². The van der Waals surface area contributed by atoms with E-state index in [1.54, 1.807) is 24.3 Å². The van der Waals surface area contributed by atoms with Crippen LogP contribution in [0.2, 0.25) is 0 Å². The number of para-hydroxylation sites is 1. The van der Waals surface area contributed by atoms with Gasteiger partial charge in [0, 0.05) is 17.1 Å². The zero-order valence-electron chi connectivity index (χ0n) is 11.1. The third kappa shape index (κ3) is 2.51. The number of amides is 1. The number of fused-ring (bicyclic) bond motifs is 1. The average molecular weight is 300 g/mol. The largest absolute Gasteiger partial charge is 0.451 e. The van der Waals surface area contributed by atoms with Crippen LogP contribution in [0.5, 0.6) is 0 Å². The first-order valence-corrected chi connectivity index (χ1v) is 6.28. The molecule has 110 valence electrons. The summed E-state index contributed by atoms with van der Waals surface area (Å²) in [6.45, 7) is 0. The van der Waals surface area contributed by atoms with E-state index in [2.05, 4.69) is 5.32 Å². The van der Waals surface area contributed by atoms with Crippen LogP contribution in [0.3, 0.4) is 0 Å². The van der Waals surface area contributed by atoms with E-state index in [-0.39, 0.29) is 11.4 Å². The Kier molecular flexibility index (Phi) is 3.30. The van der Waals surface area contributed by atoms with Gasteiger partial charge in [0.05, 0.1) is 4.92 Å². The molecule has 3 rings (SSSR count). The van der Waals surface area contributed by atoms with Crippen LogP contribution in [0.15, 0.2) is 52.9 Å². The van der Waals surface area contributed by atoms with Gasteiger partial charge in [-0.15, -0.1) is 0 Å². The zero-order chi connectivity index (χ0) is 15.7. The van der Waals surface area contributed by atoms with E-state index in [4.69, 9.17) is 4.42 Å². The highest BCUT2D eigenvalue weighted by molar-refractivity contribution is 6.04. The molecule has 1 N–H and O–H groups in total. The highest BCUT2D eigenvalue weighted by atomic mass is 19.1. The SMILES string of the molecule is O=C(Nc1ccc(F)c([N+](=O)[O-])c1)c1cc2ccccc2o1. The maximum Gasteiger partial charge on any atom is 0.306 e. The molecule has 0 saturated carbocycles. The number of nitro benzene ring substituents is 1. The minimum atomic E-state index is -0.966. The topological polar surface area (TPSA) is 85.4 Å². The lowest BCUT2D eigenvalue weighted by Crippen LogP contribution is -2.11. The van der Waals surface area contributed by atoms with Crippen LogP contribution in [0, 0.1) is 15.9 Å². The van der Waals surface area contributed by atoms with Gasteiger partial charge in [0.25, 0.3) is 5.91 Å². The first-order chi connectivity index (χ1) is 10.5. The molecule has 1 amide bonds. The number of nitrogens with one attached hydrogen (secondary N) is 1. The standard InChI is InChI=1S/C15H9FN2O4/c16-11-6-5-10(8-12(11)18(20)21)17-15(19)14-7-9-3-1-2-4-13(9)22-14/h1-8H,(H,17,19). The number of nitro groups is 1. The summed E-state index contributed by atoms with van der Waals surface area (Å²) in [5, 5.41) is 13.9. The van der Waals surface area contributed by atoms with Crippen LogP contribution in [0.25, 0.3) is 11.0 Å². The molecular formula is C15H9FN2O4. The molecular weight excluding hydrogens is 291 g/mol. The number of benzene rings is 2. The van der Waals surface area contributed by atoms with Gasteiger partial charge < -0.3 is 9.73 Å². The van der Waals surface area contributed by atoms with Crippen molar-refractivity contribution in [3.8, 4) is 0 Å². The number of nitrogens with zero attached hydrogens (tertiary/aromatic N) is 1. The van der Waals surface area contributed by atoms with Gasteiger partial charge in [-0.25, -0.2) is 0 Å². The Hall–Kier alpha value is -3.22. The monoisotopic (exact) mass is 300 g/mol. The lowest BCUT2D eigenvalue weighted by Gasteiger charge is -2.03. The van der Waals surface area contributed by atoms with Gasteiger partial charge in [0.1, 0.15) is 5.58 Å². The molecule has 0 fully saturated rings. The molecule has 7 heteroatoms. The number of halogens is 1. The number of carbonyl (C=O) groups excluding carboxylic acids is 1. The quantitative estimate of drug-likeness (QED) is 0.590. The predicted molar refractivity (Wildman–Crippen MR) is 77.2 cm³/mol. The van der Waals surface area contributed by atoms with Gasteiger partial charge in [-0.1, -0.05) is 18.2 Å². The van der Waals surface area contributed by atoms with Crippen LogP contribution in [0.1, 0.15) is 10.6 Å². The molecule has 1 aromatic heterocycles. The Morgan fingerprint density at radius 3 is 2.68 bits per heavy atom. The fourth-order valence-electron chi connectivity index (χ4n) is 2.02. The second kappa shape index (κ2) is 5.28. The van der Waals surface area contributed by atoms with Crippen molar-refractivity contribution in [2.24, 2.45) is 0 Å². The second-order valence-electron chi connectivity index (χ2n) is 4.53. The van der Waals surface area contributed by atoms with Crippen molar-refractivity contribution < 1.29 is 18.5 Å². The molecule has 2 aromatic carbocycles. The van der Waals surface area contributed by atoms with Gasteiger partial charge in [0.2, 0.25) is 5.82 Å². The molecule has 0 unspecified atom stereocenters. The summed E-state index contributed by atoms with van der Waals surface area (Å²) >= 11 is 0. The molecule has 6 nitrogen and oxygen atoms in total. The van der Waals surface area contributed by atoms with Gasteiger partial charge in [-0.3, -0.25) is 14.9 Å². The van der Waals surface area contributed by atoms with E-state index in [0.29, 0.717) is 5.58 Å². The van der Waals surface area contributed by atoms with Crippen LogP contribution >= 0.6 is 0 Å². The maximum absolute atomic E-state index is 13.2. The van der Waals surface area contributed by atoms with Crippen molar-refractivity contribution in [3.63, 3.8) is 0 Å². The van der Waals surface area contributed by atoms with Crippen LogP contribution in [-0.2, 0) is 0 Å². The summed E-state index contributed by atoms with van der Waals surface area (Å²) in [6.07, 6.45) is 0. The summed E-state index contributed by atoms with van der Waals surface area (Å²) in [4.78, 5) is 21.9. The molecule has 0 spiro atoms. The lowest BCUT2D eigenvalue weighted by atomic mass is 10.2. The minimum absolute atomic E-state index is 0.0631. The third-order valence-corrected chi connectivity index (χ3v) is 3.05. The molecule has 3 aromatic rings. The minimum Gasteiger partial charge on any atom is -0.451 e. The average Bonchev–Trinajstić information content (AvgIpc) is 2.93. The van der Waals surface area contributed by atoms with Gasteiger partial charge in [0.15, 0.2) is 5.76 Å². The molecule has 0 radical (unpaired) electrons. The first kappa shape index (κ1) is 13.7. The highest BCUT2D eigenvalue weighted by Gasteiger charge is 2.17. The Balaban J connectivity index is 1.87. The van der Waals surface area contributed by atoms with Crippen molar-refractivity contribution >= 4 is 28.3 Å². The van der Waals surface area contributed by atoms with Crippen molar-refractivity contribution in [1.29, 1.82) is 0 Å². The summed E-state index contributed by atoms with van der Waals surface area (Å²) < 4.78 is 18.6. The summed E-state index contributed by atoms with van der Waals surface area (Å²) in [5.74, 6) is -1.47. The van der Waals surface area contributed by atoms with Gasteiger partial charge >= 0.3 is 5.69 Å². The van der Waals surface area contributed by atoms with Crippen molar-refractivity contribution in [1.82, 2.24) is 0 Å². The second-order valence-corrected chi connectivity index (χ2v) is 4.53. The predicted octanol–water partition coefficient (Wildman–Crippen LogP) is 3.73. The molecule has 22 heavy (non-hydrogen) atoms. The van der Waals surface area contributed by atoms with E-state index in [1.807, 2.05) is 6.07 Å². The van der Waals surface area contributed by atoms with Gasteiger partial charge in [-0.05, 0) is 24.3 Å². The van der Waals surface area contributed by atoms with E-state index in [0.717, 1.165) is 17.5 Å². The zero-order valence-corrected chi connectivity index (χ0v) is 11.1. The molecule has 0 atom stereocenters. The Labute approximate surface area is 123 Å². The first-order valence-electron chi connectivity index (χ1n) is 6.28. The lowest BCUT2D eigenvalue weighted by molar-refractivity contribution is -0.387. The van der Waals surface area contributed by atoms with E-state index < -0.39 is 22.3 Å². The Morgan fingerprint density at radius 1 is 1.18 bits per heavy atom. The fourth-order valence-corrected chi connectivity index (χ4v) is 2.02. The number of carbonyl (C=O) groups is 1. The summed E-state index contributed by atoms with van der Waals surface area (Å²) in [7, 11) is 0. The fraction of sp³-hybridized carbons (Fsp3) is 0. The van der Waals surface area contributed by atoms with Crippen LogP contribution in [0.4, 0.5) is 15.8 Å². The number of rotatable bonds is 3. The molecule has 0 saturated heterocycles. The molecule has 1 heterocycles. The summed E-state index contributed by atoms with van der Waals surface area (Å²) in [5.41, 5.74) is -0.0429. The van der Waals surface area contributed by atoms with Gasteiger partial charge in [-0.2, -0.15) is 4.39 Å². The van der Waals surface area contributed by atoms with Crippen molar-refractivity contribution in [3.05, 3.63) is 70.2 Å². The van der Waals surface area contributed by atoms with Crippen LogP contribution in [-0.4, -0.2) is 10.8 Å². The maximum atomic E-state index is 13.2. The smallest absolute Gasteiger partial charge is 0.306 e. The summed E-state index contributed by atoms with van der Waals surface area (Å²) in [6, 6.07) is 11.8. The molecule has 0 bridgehead atoms. The number of furan rings is 1. The normalized spacial score (nSPS) is 10.6. The molecule has 0 aliphatic heterocycles. The highest BCUT2D eigenvalue weighted by Crippen LogP contribution is 2.23. The van der Waals surface area contributed by atoms with Crippen molar-refractivity contribution in [2.75, 3.05) is 5.32 Å². The molecule has 0 aliphatic carbocycles. The van der Waals surface area contributed by atoms with E-state index >= 15 is 0 Å². The third-order valence-electron chi connectivity index (χ3n) is 3.05. The Morgan fingerprint density at radius 2 is 1.95 bits per heavy atom. The number of hydrogen-bond acceptors (Lipinski definition) is 4. The number of hydrogen-bond donors (Lipinski definition) is 1. The number of anilines is 1.